The second-order valence-electron chi connectivity index (χ2n) is 4.58. The van der Waals surface area contributed by atoms with Gasteiger partial charge in [-0.3, -0.25) is 4.79 Å². The van der Waals surface area contributed by atoms with Gasteiger partial charge in [0.25, 0.3) is 0 Å². The van der Waals surface area contributed by atoms with E-state index in [4.69, 9.17) is 15.7 Å². The zero-order valence-electron chi connectivity index (χ0n) is 10.9. The van der Waals surface area contributed by atoms with E-state index >= 15 is 0 Å². The molecule has 2 atom stereocenters. The van der Waals surface area contributed by atoms with Crippen LogP contribution in [0.15, 0.2) is 5.16 Å². The molecule has 0 spiro atoms. The highest BCUT2D eigenvalue weighted by atomic mass is 16.5. The Labute approximate surface area is 108 Å². The molecule has 1 rings (SSSR count). The summed E-state index contributed by atoms with van der Waals surface area (Å²) in [5.41, 5.74) is 5.51. The van der Waals surface area contributed by atoms with Crippen LogP contribution < -0.4 is 11.1 Å². The van der Waals surface area contributed by atoms with Gasteiger partial charge in [-0.15, -0.1) is 0 Å². The summed E-state index contributed by atoms with van der Waals surface area (Å²) < 4.78 is 5.47. The lowest BCUT2D eigenvalue weighted by molar-refractivity contribution is -0.123. The highest BCUT2D eigenvalue weighted by Gasteiger charge is 2.22. The van der Waals surface area contributed by atoms with E-state index in [0.717, 1.165) is 32.3 Å². The molecule has 1 aliphatic rings. The van der Waals surface area contributed by atoms with Crippen LogP contribution in [0.5, 0.6) is 0 Å². The van der Waals surface area contributed by atoms with Crippen LogP contribution in [0.25, 0.3) is 0 Å². The quantitative estimate of drug-likeness (QED) is 0.272. The number of amides is 1. The van der Waals surface area contributed by atoms with Gasteiger partial charge in [-0.05, 0) is 25.7 Å². The van der Waals surface area contributed by atoms with E-state index in [1.807, 2.05) is 6.92 Å². The minimum absolute atomic E-state index is 0.0218. The van der Waals surface area contributed by atoms with E-state index in [2.05, 4.69) is 10.5 Å². The summed E-state index contributed by atoms with van der Waals surface area (Å²) in [7, 11) is 0. The van der Waals surface area contributed by atoms with Crippen molar-refractivity contribution in [2.75, 3.05) is 13.2 Å². The molecule has 1 aliphatic heterocycles. The largest absolute Gasteiger partial charge is 0.409 e. The van der Waals surface area contributed by atoms with E-state index in [1.54, 1.807) is 0 Å². The molecule has 0 aromatic heterocycles. The number of nitrogens with one attached hydrogen (secondary N) is 1. The summed E-state index contributed by atoms with van der Waals surface area (Å²) in [4.78, 5) is 11.9. The number of hydrogen-bond donors (Lipinski definition) is 3. The minimum Gasteiger partial charge on any atom is -0.409 e. The maximum Gasteiger partial charge on any atom is 0.230 e. The smallest absolute Gasteiger partial charge is 0.230 e. The normalized spacial score (nSPS) is 21.8. The Kier molecular flexibility index (Phi) is 6.49. The summed E-state index contributed by atoms with van der Waals surface area (Å²) in [6.07, 6.45) is 4.64. The zero-order valence-corrected chi connectivity index (χ0v) is 10.9. The standard InChI is InChI=1S/C12H23N3O3/c1-2-4-10(11(13)15-17)12(16)14-7-6-9-5-3-8-18-9/h9-10,17H,2-8H2,1H3,(H2,13,15)(H,14,16). The zero-order chi connectivity index (χ0) is 13.4. The first-order chi connectivity index (χ1) is 8.69. The number of nitrogens with zero attached hydrogens (tertiary/aromatic N) is 1. The van der Waals surface area contributed by atoms with Crippen molar-refractivity contribution >= 4 is 11.7 Å². The maximum atomic E-state index is 11.9. The number of carbonyl (C=O) groups excluding carboxylic acids is 1. The highest BCUT2D eigenvalue weighted by molar-refractivity contribution is 6.01. The molecule has 1 fully saturated rings. The molecule has 0 saturated carbocycles. The molecule has 0 aliphatic carbocycles. The Bertz CT molecular complexity index is 288. The van der Waals surface area contributed by atoms with E-state index in [-0.39, 0.29) is 17.8 Å². The summed E-state index contributed by atoms with van der Waals surface area (Å²) in [6, 6.07) is 0. The molecule has 4 N–H and O–H groups in total. The van der Waals surface area contributed by atoms with Gasteiger partial charge in [0.1, 0.15) is 0 Å². The number of rotatable bonds is 7. The van der Waals surface area contributed by atoms with Gasteiger partial charge in [-0.25, -0.2) is 0 Å². The molecular weight excluding hydrogens is 234 g/mol. The first-order valence-corrected chi connectivity index (χ1v) is 6.55. The van der Waals surface area contributed by atoms with Crippen LogP contribution in [0, 0.1) is 5.92 Å². The van der Waals surface area contributed by atoms with Crippen molar-refractivity contribution in [1.29, 1.82) is 0 Å². The fourth-order valence-electron chi connectivity index (χ4n) is 2.12. The average molecular weight is 257 g/mol. The van der Waals surface area contributed by atoms with Crippen LogP contribution in [0.1, 0.15) is 39.0 Å². The summed E-state index contributed by atoms with van der Waals surface area (Å²) in [5, 5.41) is 14.4. The first kappa shape index (κ1) is 14.8. The van der Waals surface area contributed by atoms with Gasteiger partial charge in [0.15, 0.2) is 5.84 Å². The summed E-state index contributed by atoms with van der Waals surface area (Å²) >= 11 is 0. The van der Waals surface area contributed by atoms with Crippen molar-refractivity contribution < 1.29 is 14.7 Å². The van der Waals surface area contributed by atoms with Crippen molar-refractivity contribution in [2.24, 2.45) is 16.8 Å². The molecule has 18 heavy (non-hydrogen) atoms. The molecule has 0 aromatic rings. The Morgan fingerprint density at radius 2 is 2.44 bits per heavy atom. The lowest BCUT2D eigenvalue weighted by atomic mass is 10.0. The van der Waals surface area contributed by atoms with Crippen molar-refractivity contribution in [3.63, 3.8) is 0 Å². The van der Waals surface area contributed by atoms with Crippen molar-refractivity contribution in [3.05, 3.63) is 0 Å². The van der Waals surface area contributed by atoms with Gasteiger partial charge in [-0.2, -0.15) is 0 Å². The maximum absolute atomic E-state index is 11.9. The fourth-order valence-corrected chi connectivity index (χ4v) is 2.12. The predicted octanol–water partition coefficient (Wildman–Crippen LogP) is 0.834. The van der Waals surface area contributed by atoms with Gasteiger partial charge in [-0.1, -0.05) is 18.5 Å². The first-order valence-electron chi connectivity index (χ1n) is 6.55. The third kappa shape index (κ3) is 4.52. The van der Waals surface area contributed by atoms with Crippen molar-refractivity contribution in [2.45, 2.75) is 45.1 Å². The molecule has 6 heteroatoms. The van der Waals surface area contributed by atoms with Crippen LogP contribution in [0.2, 0.25) is 0 Å². The number of amidine groups is 1. The second-order valence-corrected chi connectivity index (χ2v) is 4.58. The Morgan fingerprint density at radius 1 is 1.67 bits per heavy atom. The molecule has 2 unspecified atom stereocenters. The van der Waals surface area contributed by atoms with Crippen LogP contribution in [0.4, 0.5) is 0 Å². The van der Waals surface area contributed by atoms with Gasteiger partial charge in [0, 0.05) is 13.2 Å². The van der Waals surface area contributed by atoms with Gasteiger partial charge >= 0.3 is 0 Å². The molecule has 1 amide bonds. The highest BCUT2D eigenvalue weighted by Crippen LogP contribution is 2.14. The Morgan fingerprint density at radius 3 is 3.00 bits per heavy atom. The Balaban J connectivity index is 2.31. The molecule has 0 radical (unpaired) electrons. The number of ether oxygens (including phenoxy) is 1. The second kappa shape index (κ2) is 7.92. The lowest BCUT2D eigenvalue weighted by Gasteiger charge is -2.15. The van der Waals surface area contributed by atoms with Crippen LogP contribution in [-0.4, -0.2) is 36.2 Å². The summed E-state index contributed by atoms with van der Waals surface area (Å²) in [5.74, 6) is -0.735. The Hall–Kier alpha value is -1.30. The third-order valence-electron chi connectivity index (χ3n) is 3.16. The van der Waals surface area contributed by atoms with E-state index in [0.29, 0.717) is 13.0 Å². The predicted molar refractivity (Wildman–Crippen MR) is 68.4 cm³/mol. The molecule has 0 aromatic carbocycles. The van der Waals surface area contributed by atoms with Gasteiger partial charge in [0.05, 0.1) is 12.0 Å². The number of nitrogens with two attached hydrogens (primary N) is 1. The third-order valence-corrected chi connectivity index (χ3v) is 3.16. The number of oxime groups is 1. The van der Waals surface area contributed by atoms with Crippen molar-refractivity contribution in [3.8, 4) is 0 Å². The topological polar surface area (TPSA) is 96.9 Å². The number of hydrogen-bond acceptors (Lipinski definition) is 4. The summed E-state index contributed by atoms with van der Waals surface area (Å²) in [6.45, 7) is 3.35. The van der Waals surface area contributed by atoms with Gasteiger partial charge in [0.2, 0.25) is 5.91 Å². The monoisotopic (exact) mass is 257 g/mol. The van der Waals surface area contributed by atoms with Crippen LogP contribution >= 0.6 is 0 Å². The SMILES string of the molecule is CCCC(C(=O)NCCC1CCCO1)C(N)=NO. The van der Waals surface area contributed by atoms with Crippen molar-refractivity contribution in [1.82, 2.24) is 5.32 Å². The lowest BCUT2D eigenvalue weighted by Crippen LogP contribution is -2.39. The van der Waals surface area contributed by atoms with Crippen LogP contribution in [0.3, 0.4) is 0 Å². The molecular formula is C12H23N3O3. The van der Waals surface area contributed by atoms with E-state index in [9.17, 15) is 4.79 Å². The molecule has 1 heterocycles. The van der Waals surface area contributed by atoms with E-state index < -0.39 is 5.92 Å². The fraction of sp³-hybridized carbons (Fsp3) is 0.833. The van der Waals surface area contributed by atoms with E-state index in [1.165, 1.54) is 0 Å². The molecule has 1 saturated heterocycles. The molecule has 6 nitrogen and oxygen atoms in total. The van der Waals surface area contributed by atoms with Crippen LogP contribution in [-0.2, 0) is 9.53 Å². The number of carbonyl (C=O) groups is 1. The minimum atomic E-state index is -0.538. The van der Waals surface area contributed by atoms with Gasteiger partial charge < -0.3 is 21.0 Å². The average Bonchev–Trinajstić information content (AvgIpc) is 2.88. The molecule has 0 bridgehead atoms. The molecule has 104 valence electrons.